The van der Waals surface area contributed by atoms with E-state index in [1.807, 2.05) is 0 Å². The molecule has 1 amide bonds. The third kappa shape index (κ3) is 3.31. The molecule has 1 saturated carbocycles. The SMILES string of the molecule is O=C(NCCC1CCCC1)c1cccc(Br)c1F. The number of hydrogen-bond acceptors (Lipinski definition) is 1. The van der Waals surface area contributed by atoms with E-state index in [1.54, 1.807) is 12.1 Å². The smallest absolute Gasteiger partial charge is 0.254 e. The number of nitrogens with one attached hydrogen (secondary N) is 1. The van der Waals surface area contributed by atoms with Gasteiger partial charge in [-0.2, -0.15) is 0 Å². The Morgan fingerprint density at radius 1 is 1.39 bits per heavy atom. The number of carbonyl (C=O) groups is 1. The molecule has 0 heterocycles. The van der Waals surface area contributed by atoms with Crippen LogP contribution < -0.4 is 5.32 Å². The molecule has 1 N–H and O–H groups in total. The molecule has 1 aliphatic rings. The van der Waals surface area contributed by atoms with E-state index in [4.69, 9.17) is 0 Å². The van der Waals surface area contributed by atoms with E-state index in [0.29, 0.717) is 11.0 Å². The lowest BCUT2D eigenvalue weighted by atomic mass is 10.0. The minimum absolute atomic E-state index is 0.107. The Kier molecular flexibility index (Phi) is 4.75. The Morgan fingerprint density at radius 2 is 2.11 bits per heavy atom. The van der Waals surface area contributed by atoms with Gasteiger partial charge >= 0.3 is 0 Å². The highest BCUT2D eigenvalue weighted by Gasteiger charge is 2.16. The summed E-state index contributed by atoms with van der Waals surface area (Å²) in [5, 5.41) is 2.79. The lowest BCUT2D eigenvalue weighted by Crippen LogP contribution is -2.26. The third-order valence-electron chi connectivity index (χ3n) is 3.51. The fourth-order valence-corrected chi connectivity index (χ4v) is 2.83. The minimum Gasteiger partial charge on any atom is -0.352 e. The molecule has 1 aromatic carbocycles. The molecule has 98 valence electrons. The number of amides is 1. The molecular weight excluding hydrogens is 297 g/mol. The maximum atomic E-state index is 13.7. The van der Waals surface area contributed by atoms with E-state index in [9.17, 15) is 9.18 Å². The molecule has 0 bridgehead atoms. The van der Waals surface area contributed by atoms with Crippen LogP contribution in [0.25, 0.3) is 0 Å². The number of rotatable bonds is 4. The molecular formula is C14H17BrFNO. The topological polar surface area (TPSA) is 29.1 Å². The van der Waals surface area contributed by atoms with Gasteiger partial charge in [0.2, 0.25) is 0 Å². The summed E-state index contributed by atoms with van der Waals surface area (Å²) in [5.74, 6) is -0.0830. The predicted octanol–water partition coefficient (Wildman–Crippen LogP) is 3.90. The van der Waals surface area contributed by atoms with E-state index in [2.05, 4.69) is 21.2 Å². The van der Waals surface area contributed by atoms with E-state index in [-0.39, 0.29) is 11.5 Å². The number of benzene rings is 1. The molecule has 0 radical (unpaired) electrons. The van der Waals surface area contributed by atoms with Gasteiger partial charge < -0.3 is 5.32 Å². The summed E-state index contributed by atoms with van der Waals surface area (Å²) >= 11 is 3.08. The van der Waals surface area contributed by atoms with Crippen molar-refractivity contribution < 1.29 is 9.18 Å². The largest absolute Gasteiger partial charge is 0.352 e. The summed E-state index contributed by atoms with van der Waals surface area (Å²) in [4.78, 5) is 11.8. The van der Waals surface area contributed by atoms with E-state index in [0.717, 1.165) is 12.3 Å². The molecule has 2 rings (SSSR count). The molecule has 18 heavy (non-hydrogen) atoms. The Balaban J connectivity index is 1.85. The highest BCUT2D eigenvalue weighted by Crippen LogP contribution is 2.27. The summed E-state index contributed by atoms with van der Waals surface area (Å²) in [6, 6.07) is 4.76. The Hall–Kier alpha value is -0.900. The van der Waals surface area contributed by atoms with Gasteiger partial charge in [0, 0.05) is 6.54 Å². The Bertz CT molecular complexity index is 430. The van der Waals surface area contributed by atoms with Crippen LogP contribution in [0.2, 0.25) is 0 Å². The van der Waals surface area contributed by atoms with Crippen LogP contribution in [0.1, 0.15) is 42.5 Å². The van der Waals surface area contributed by atoms with Crippen LogP contribution in [0.4, 0.5) is 4.39 Å². The van der Waals surface area contributed by atoms with Gasteiger partial charge in [-0.3, -0.25) is 4.79 Å². The van der Waals surface area contributed by atoms with E-state index < -0.39 is 5.82 Å². The van der Waals surface area contributed by atoms with Crippen molar-refractivity contribution in [2.24, 2.45) is 5.92 Å². The number of hydrogen-bond donors (Lipinski definition) is 1. The monoisotopic (exact) mass is 313 g/mol. The highest BCUT2D eigenvalue weighted by molar-refractivity contribution is 9.10. The van der Waals surface area contributed by atoms with Crippen molar-refractivity contribution >= 4 is 21.8 Å². The van der Waals surface area contributed by atoms with Crippen LogP contribution in [0.5, 0.6) is 0 Å². The maximum Gasteiger partial charge on any atom is 0.254 e. The van der Waals surface area contributed by atoms with Crippen molar-refractivity contribution in [3.05, 3.63) is 34.1 Å². The molecule has 0 saturated heterocycles. The summed E-state index contributed by atoms with van der Waals surface area (Å²) in [6.07, 6.45) is 6.14. The number of carbonyl (C=O) groups excluding carboxylic acids is 1. The zero-order valence-corrected chi connectivity index (χ0v) is 11.8. The zero-order valence-electron chi connectivity index (χ0n) is 10.2. The molecule has 1 fully saturated rings. The average Bonchev–Trinajstić information content (AvgIpc) is 2.85. The molecule has 0 aliphatic heterocycles. The lowest BCUT2D eigenvalue weighted by molar-refractivity contribution is 0.0947. The van der Waals surface area contributed by atoms with Gasteiger partial charge in [0.25, 0.3) is 5.91 Å². The first-order chi connectivity index (χ1) is 8.68. The van der Waals surface area contributed by atoms with Crippen molar-refractivity contribution in [2.45, 2.75) is 32.1 Å². The van der Waals surface area contributed by atoms with Crippen molar-refractivity contribution in [3.63, 3.8) is 0 Å². The van der Waals surface area contributed by atoms with Gasteiger partial charge in [-0.05, 0) is 40.4 Å². The fraction of sp³-hybridized carbons (Fsp3) is 0.500. The van der Waals surface area contributed by atoms with Gasteiger partial charge in [-0.15, -0.1) is 0 Å². The molecule has 0 unspecified atom stereocenters. The van der Waals surface area contributed by atoms with E-state index in [1.165, 1.54) is 31.7 Å². The fourth-order valence-electron chi connectivity index (χ4n) is 2.46. The van der Waals surface area contributed by atoms with Crippen molar-refractivity contribution in [1.82, 2.24) is 5.32 Å². The van der Waals surface area contributed by atoms with Crippen LogP contribution in [-0.4, -0.2) is 12.5 Å². The standard InChI is InChI=1S/C14H17BrFNO/c15-12-7-3-6-11(13(12)16)14(18)17-9-8-10-4-1-2-5-10/h3,6-7,10H,1-2,4-5,8-9H2,(H,17,18). The van der Waals surface area contributed by atoms with Crippen LogP contribution in [0, 0.1) is 11.7 Å². The van der Waals surface area contributed by atoms with Crippen molar-refractivity contribution in [3.8, 4) is 0 Å². The summed E-state index contributed by atoms with van der Waals surface area (Å²) in [7, 11) is 0. The van der Waals surface area contributed by atoms with Gasteiger partial charge in [0.1, 0.15) is 5.82 Å². The highest BCUT2D eigenvalue weighted by atomic mass is 79.9. The van der Waals surface area contributed by atoms with Crippen molar-refractivity contribution in [1.29, 1.82) is 0 Å². The van der Waals surface area contributed by atoms with Crippen LogP contribution in [0.15, 0.2) is 22.7 Å². The molecule has 0 atom stereocenters. The second-order valence-electron chi connectivity index (χ2n) is 4.80. The lowest BCUT2D eigenvalue weighted by Gasteiger charge is -2.10. The predicted molar refractivity (Wildman–Crippen MR) is 73.0 cm³/mol. The Morgan fingerprint density at radius 3 is 2.83 bits per heavy atom. The van der Waals surface area contributed by atoms with Crippen LogP contribution in [0.3, 0.4) is 0 Å². The summed E-state index contributed by atoms with van der Waals surface area (Å²) < 4.78 is 14.0. The van der Waals surface area contributed by atoms with Gasteiger partial charge in [-0.1, -0.05) is 31.7 Å². The van der Waals surface area contributed by atoms with Gasteiger partial charge in [0.05, 0.1) is 10.0 Å². The third-order valence-corrected chi connectivity index (χ3v) is 4.12. The first-order valence-electron chi connectivity index (χ1n) is 6.40. The van der Waals surface area contributed by atoms with Crippen LogP contribution in [-0.2, 0) is 0 Å². The normalized spacial score (nSPS) is 15.9. The molecule has 2 nitrogen and oxygen atoms in total. The average molecular weight is 314 g/mol. The second-order valence-corrected chi connectivity index (χ2v) is 5.65. The Labute approximate surface area is 115 Å². The molecule has 1 aliphatic carbocycles. The first-order valence-corrected chi connectivity index (χ1v) is 7.20. The van der Waals surface area contributed by atoms with Gasteiger partial charge in [-0.25, -0.2) is 4.39 Å². The number of halogens is 2. The first kappa shape index (κ1) is 13.5. The molecule has 4 heteroatoms. The summed E-state index contributed by atoms with van der Waals surface area (Å²) in [6.45, 7) is 0.634. The quantitative estimate of drug-likeness (QED) is 0.897. The zero-order chi connectivity index (χ0) is 13.0. The van der Waals surface area contributed by atoms with Crippen molar-refractivity contribution in [2.75, 3.05) is 6.54 Å². The molecule has 1 aromatic rings. The van der Waals surface area contributed by atoms with E-state index >= 15 is 0 Å². The molecule has 0 aromatic heterocycles. The minimum atomic E-state index is -0.490. The second kappa shape index (κ2) is 6.32. The van der Waals surface area contributed by atoms with Gasteiger partial charge in [0.15, 0.2) is 0 Å². The summed E-state index contributed by atoms with van der Waals surface area (Å²) in [5.41, 5.74) is 0.107. The van der Waals surface area contributed by atoms with Crippen LogP contribution >= 0.6 is 15.9 Å². The molecule has 0 spiro atoms. The maximum absolute atomic E-state index is 13.7.